The van der Waals surface area contributed by atoms with Crippen LogP contribution in [0.4, 0.5) is 4.39 Å². The van der Waals surface area contributed by atoms with Crippen LogP contribution in [0.25, 0.3) is 10.9 Å². The molecule has 3 aromatic rings. The van der Waals surface area contributed by atoms with Crippen LogP contribution in [-0.2, 0) is 0 Å². The monoisotopic (exact) mass is 297 g/mol. The Kier molecular flexibility index (Phi) is 3.57. The number of fused-ring (bicyclic) bond motifs is 1. The van der Waals surface area contributed by atoms with Crippen molar-refractivity contribution in [2.75, 3.05) is 0 Å². The summed E-state index contributed by atoms with van der Waals surface area (Å²) in [7, 11) is 0. The maximum atomic E-state index is 12.8. The number of amides is 2. The number of para-hydroxylation sites is 1. The lowest BCUT2D eigenvalue weighted by atomic mass is 10.2. The zero-order chi connectivity index (χ0) is 15.5. The molecule has 0 unspecified atom stereocenters. The molecule has 3 rings (SSSR count). The van der Waals surface area contributed by atoms with Crippen LogP contribution in [0.2, 0.25) is 0 Å². The molecule has 6 heteroatoms. The fraction of sp³-hybridized carbons (Fsp3) is 0. The Morgan fingerprint density at radius 2 is 1.59 bits per heavy atom. The molecule has 22 heavy (non-hydrogen) atoms. The first kappa shape index (κ1) is 13.8. The maximum Gasteiger partial charge on any atom is 0.271 e. The number of aromatic amines is 1. The molecule has 0 radical (unpaired) electrons. The molecule has 0 spiro atoms. The third kappa shape index (κ3) is 2.67. The fourth-order valence-corrected chi connectivity index (χ4v) is 2.11. The molecule has 0 aliphatic carbocycles. The first-order valence-electron chi connectivity index (χ1n) is 6.57. The Bertz CT molecular complexity index is 840. The minimum Gasteiger partial charge on any atom is -0.360 e. The molecule has 3 N–H and O–H groups in total. The zero-order valence-electron chi connectivity index (χ0n) is 11.4. The first-order chi connectivity index (χ1) is 10.6. The lowest BCUT2D eigenvalue weighted by Gasteiger charge is -2.06. The second kappa shape index (κ2) is 5.69. The van der Waals surface area contributed by atoms with E-state index in [1.807, 2.05) is 24.3 Å². The lowest BCUT2D eigenvalue weighted by Crippen LogP contribution is -2.41. The van der Waals surface area contributed by atoms with Crippen molar-refractivity contribution in [2.24, 2.45) is 0 Å². The van der Waals surface area contributed by atoms with Gasteiger partial charge in [0.25, 0.3) is 11.8 Å². The Labute approximate surface area is 125 Å². The van der Waals surface area contributed by atoms with Gasteiger partial charge in [0.2, 0.25) is 0 Å². The second-order valence-electron chi connectivity index (χ2n) is 4.66. The molecular formula is C16H12FN3O2. The zero-order valence-corrected chi connectivity index (χ0v) is 11.4. The average molecular weight is 297 g/mol. The third-order valence-corrected chi connectivity index (χ3v) is 3.23. The van der Waals surface area contributed by atoms with Crippen LogP contribution in [0.5, 0.6) is 0 Å². The fourth-order valence-electron chi connectivity index (χ4n) is 2.11. The number of H-pyrrole nitrogens is 1. The number of hydrazine groups is 1. The van der Waals surface area contributed by atoms with Crippen LogP contribution < -0.4 is 10.9 Å². The van der Waals surface area contributed by atoms with E-state index in [1.165, 1.54) is 24.3 Å². The Balaban J connectivity index is 1.70. The number of aromatic nitrogens is 1. The topological polar surface area (TPSA) is 74.0 Å². The number of rotatable bonds is 2. The Hall–Kier alpha value is -3.15. The number of carbonyl (C=O) groups is 2. The predicted octanol–water partition coefficient (Wildman–Crippen LogP) is 2.38. The van der Waals surface area contributed by atoms with Crippen molar-refractivity contribution >= 4 is 22.7 Å². The summed E-state index contributed by atoms with van der Waals surface area (Å²) < 4.78 is 12.8. The van der Waals surface area contributed by atoms with Crippen LogP contribution in [-0.4, -0.2) is 16.8 Å². The molecular weight excluding hydrogens is 285 g/mol. The molecule has 0 saturated heterocycles. The number of benzene rings is 2. The highest BCUT2D eigenvalue weighted by atomic mass is 19.1. The van der Waals surface area contributed by atoms with Gasteiger partial charge in [-0.3, -0.25) is 20.4 Å². The standard InChI is InChI=1S/C16H12FN3O2/c17-11-7-5-10(6-8-11)15(21)19-20-16(22)13-9-18-14-4-2-1-3-12(13)14/h1-9,18H,(H,19,21)(H,20,22). The molecule has 2 aromatic carbocycles. The minimum atomic E-state index is -0.520. The molecule has 110 valence electrons. The summed E-state index contributed by atoms with van der Waals surface area (Å²) in [6.07, 6.45) is 1.57. The second-order valence-corrected chi connectivity index (χ2v) is 4.66. The highest BCUT2D eigenvalue weighted by molar-refractivity contribution is 6.07. The Morgan fingerprint density at radius 3 is 2.36 bits per heavy atom. The maximum absolute atomic E-state index is 12.8. The van der Waals surface area contributed by atoms with Gasteiger partial charge >= 0.3 is 0 Å². The lowest BCUT2D eigenvalue weighted by molar-refractivity contribution is 0.0847. The highest BCUT2D eigenvalue weighted by Crippen LogP contribution is 2.17. The summed E-state index contributed by atoms with van der Waals surface area (Å²) >= 11 is 0. The number of carbonyl (C=O) groups excluding carboxylic acids is 2. The molecule has 5 nitrogen and oxygen atoms in total. The average Bonchev–Trinajstić information content (AvgIpc) is 2.97. The molecule has 0 atom stereocenters. The van der Waals surface area contributed by atoms with Crippen LogP contribution in [0.15, 0.2) is 54.7 Å². The van der Waals surface area contributed by atoms with Gasteiger partial charge in [0.05, 0.1) is 5.56 Å². The molecule has 0 aliphatic heterocycles. The van der Waals surface area contributed by atoms with Crippen LogP contribution >= 0.6 is 0 Å². The van der Waals surface area contributed by atoms with Gasteiger partial charge in [0.15, 0.2) is 0 Å². The molecule has 0 aliphatic rings. The van der Waals surface area contributed by atoms with Crippen molar-refractivity contribution in [3.8, 4) is 0 Å². The van der Waals surface area contributed by atoms with Gasteiger partial charge in [0.1, 0.15) is 5.82 Å². The third-order valence-electron chi connectivity index (χ3n) is 3.23. The van der Waals surface area contributed by atoms with Crippen molar-refractivity contribution in [1.29, 1.82) is 0 Å². The quantitative estimate of drug-likeness (QED) is 0.635. The van der Waals surface area contributed by atoms with E-state index in [2.05, 4.69) is 15.8 Å². The van der Waals surface area contributed by atoms with Gasteiger partial charge in [-0.15, -0.1) is 0 Å². The van der Waals surface area contributed by atoms with Crippen LogP contribution in [0, 0.1) is 5.82 Å². The Morgan fingerprint density at radius 1 is 0.909 bits per heavy atom. The van der Waals surface area contributed by atoms with E-state index in [0.717, 1.165) is 10.9 Å². The van der Waals surface area contributed by atoms with E-state index in [0.29, 0.717) is 5.56 Å². The molecule has 1 heterocycles. The molecule has 0 saturated carbocycles. The van der Waals surface area contributed by atoms with Gasteiger partial charge in [-0.1, -0.05) is 18.2 Å². The van der Waals surface area contributed by atoms with E-state index >= 15 is 0 Å². The summed E-state index contributed by atoms with van der Waals surface area (Å²) in [5, 5.41) is 0.760. The van der Waals surface area contributed by atoms with Crippen LogP contribution in [0.3, 0.4) is 0 Å². The van der Waals surface area contributed by atoms with Gasteiger partial charge in [0, 0.05) is 22.7 Å². The molecule has 0 bridgehead atoms. The van der Waals surface area contributed by atoms with E-state index in [9.17, 15) is 14.0 Å². The number of nitrogens with one attached hydrogen (secondary N) is 3. The van der Waals surface area contributed by atoms with Crippen molar-refractivity contribution in [2.45, 2.75) is 0 Å². The normalized spacial score (nSPS) is 10.4. The van der Waals surface area contributed by atoms with Crippen molar-refractivity contribution in [3.05, 3.63) is 71.7 Å². The van der Waals surface area contributed by atoms with Crippen LogP contribution in [0.1, 0.15) is 20.7 Å². The van der Waals surface area contributed by atoms with Gasteiger partial charge in [-0.05, 0) is 30.3 Å². The summed E-state index contributed by atoms with van der Waals surface area (Å²) in [5.74, 6) is -1.39. The number of hydrogen-bond donors (Lipinski definition) is 3. The predicted molar refractivity (Wildman–Crippen MR) is 79.6 cm³/mol. The van der Waals surface area contributed by atoms with E-state index < -0.39 is 17.6 Å². The largest absolute Gasteiger partial charge is 0.360 e. The van der Waals surface area contributed by atoms with Crippen molar-refractivity contribution in [1.82, 2.24) is 15.8 Å². The number of halogens is 1. The highest BCUT2D eigenvalue weighted by Gasteiger charge is 2.13. The summed E-state index contributed by atoms with van der Waals surface area (Å²) in [4.78, 5) is 26.9. The van der Waals surface area contributed by atoms with Gasteiger partial charge < -0.3 is 4.98 Å². The van der Waals surface area contributed by atoms with Crippen molar-refractivity contribution in [3.63, 3.8) is 0 Å². The number of hydrogen-bond acceptors (Lipinski definition) is 2. The minimum absolute atomic E-state index is 0.251. The first-order valence-corrected chi connectivity index (χ1v) is 6.57. The van der Waals surface area contributed by atoms with Crippen molar-refractivity contribution < 1.29 is 14.0 Å². The van der Waals surface area contributed by atoms with E-state index in [4.69, 9.17) is 0 Å². The smallest absolute Gasteiger partial charge is 0.271 e. The molecule has 1 aromatic heterocycles. The molecule has 2 amide bonds. The van der Waals surface area contributed by atoms with E-state index in [-0.39, 0.29) is 5.56 Å². The summed E-state index contributed by atoms with van der Waals surface area (Å²) in [6, 6.07) is 12.4. The summed E-state index contributed by atoms with van der Waals surface area (Å²) in [5.41, 5.74) is 6.14. The van der Waals surface area contributed by atoms with Gasteiger partial charge in [-0.25, -0.2) is 4.39 Å². The molecule has 0 fully saturated rings. The van der Waals surface area contributed by atoms with Gasteiger partial charge in [-0.2, -0.15) is 0 Å². The summed E-state index contributed by atoms with van der Waals surface area (Å²) in [6.45, 7) is 0. The van der Waals surface area contributed by atoms with E-state index in [1.54, 1.807) is 6.20 Å². The SMILES string of the molecule is O=C(NNC(=O)c1c[nH]c2ccccc12)c1ccc(F)cc1.